The van der Waals surface area contributed by atoms with Gasteiger partial charge in [0.25, 0.3) is 0 Å². The summed E-state index contributed by atoms with van der Waals surface area (Å²) in [5.74, 6) is -1.90. The third-order valence-electron chi connectivity index (χ3n) is 7.65. The Morgan fingerprint density at radius 3 is 2.76 bits per heavy atom. The van der Waals surface area contributed by atoms with Gasteiger partial charge in [-0.1, -0.05) is 19.9 Å². The predicted molar refractivity (Wildman–Crippen MR) is 154 cm³/mol. The highest BCUT2D eigenvalue weighted by atomic mass is 19.1. The highest BCUT2D eigenvalue weighted by Crippen LogP contribution is 2.37. The topological polar surface area (TPSA) is 129 Å². The lowest BCUT2D eigenvalue weighted by atomic mass is 10.00. The van der Waals surface area contributed by atoms with E-state index < -0.39 is 23.2 Å². The summed E-state index contributed by atoms with van der Waals surface area (Å²) in [5, 5.41) is 15.5. The molecule has 42 heavy (non-hydrogen) atoms. The monoisotopic (exact) mass is 570 g/mol. The number of pyridine rings is 2. The van der Waals surface area contributed by atoms with Crippen LogP contribution in [0.4, 0.5) is 20.3 Å². The molecule has 0 radical (unpaired) electrons. The minimum atomic E-state index is -0.840. The van der Waals surface area contributed by atoms with Crippen molar-refractivity contribution in [2.45, 2.75) is 45.1 Å². The van der Waals surface area contributed by atoms with Crippen LogP contribution in [0.3, 0.4) is 0 Å². The molecule has 2 bridgehead atoms. The molecule has 0 saturated carbocycles. The number of carbonyl (C=O) groups is 1. The molecule has 0 aliphatic carbocycles. The minimum absolute atomic E-state index is 0.0266. The zero-order valence-electron chi connectivity index (χ0n) is 23.1. The summed E-state index contributed by atoms with van der Waals surface area (Å²) in [7, 11) is 0. The van der Waals surface area contributed by atoms with Crippen molar-refractivity contribution in [3.63, 3.8) is 0 Å². The van der Waals surface area contributed by atoms with E-state index in [1.54, 1.807) is 12.3 Å². The molecule has 5 heterocycles. The second kappa shape index (κ2) is 10.9. The summed E-state index contributed by atoms with van der Waals surface area (Å²) < 4.78 is 32.7. The Morgan fingerprint density at radius 1 is 1.14 bits per heavy atom. The van der Waals surface area contributed by atoms with Gasteiger partial charge < -0.3 is 15.5 Å². The first-order valence-corrected chi connectivity index (χ1v) is 13.8. The standard InChI is InChI=1S/C30H28F2N8O2/c1-16(2)25-27-17(9-11-35-25)6-7-23(41)36-22-5-3-4-20(31)24(22)26-21(32)14-19-28(38-30(42)40(27)29(19)37-26)39-13-12-34-18(15-39)8-10-33/h3-5,9,11,14,16,18,34H,6-8,12-13,15H2,1-2H3,(H,36,41)/t18-/m0/s1. The van der Waals surface area contributed by atoms with Gasteiger partial charge in [0.2, 0.25) is 5.91 Å². The normalized spacial score (nSPS) is 16.8. The van der Waals surface area contributed by atoms with Crippen molar-refractivity contribution in [2.24, 2.45) is 0 Å². The minimum Gasteiger partial charge on any atom is -0.353 e. The second-order valence-corrected chi connectivity index (χ2v) is 10.8. The van der Waals surface area contributed by atoms with Crippen molar-refractivity contribution in [3.8, 4) is 23.0 Å². The van der Waals surface area contributed by atoms with Crippen LogP contribution in [0, 0.1) is 23.0 Å². The van der Waals surface area contributed by atoms with Crippen molar-refractivity contribution in [1.29, 1.82) is 5.26 Å². The molecule has 4 aromatic rings. The van der Waals surface area contributed by atoms with Crippen LogP contribution in [0.15, 0.2) is 41.3 Å². The number of nitriles is 1. The Labute approximate surface area is 240 Å². The summed E-state index contributed by atoms with van der Waals surface area (Å²) in [6, 6.07) is 9.03. The number of nitrogens with zero attached hydrogens (tertiary/aromatic N) is 6. The molecular weight excluding hydrogens is 542 g/mol. The number of hydrogen-bond acceptors (Lipinski definition) is 8. The van der Waals surface area contributed by atoms with Crippen LogP contribution in [0.5, 0.6) is 0 Å². The van der Waals surface area contributed by atoms with Gasteiger partial charge in [-0.15, -0.1) is 0 Å². The fourth-order valence-electron chi connectivity index (χ4n) is 5.71. The Kier molecular flexibility index (Phi) is 7.12. The van der Waals surface area contributed by atoms with Crippen LogP contribution in [0.25, 0.3) is 28.0 Å². The maximum atomic E-state index is 16.0. The molecule has 12 heteroatoms. The molecule has 1 fully saturated rings. The van der Waals surface area contributed by atoms with Gasteiger partial charge >= 0.3 is 5.69 Å². The Bertz CT molecular complexity index is 1830. The largest absolute Gasteiger partial charge is 0.355 e. The summed E-state index contributed by atoms with van der Waals surface area (Å²) in [6.07, 6.45) is 2.16. The van der Waals surface area contributed by atoms with Crippen molar-refractivity contribution >= 4 is 28.4 Å². The molecule has 1 amide bonds. The van der Waals surface area contributed by atoms with Gasteiger partial charge in [0, 0.05) is 38.3 Å². The van der Waals surface area contributed by atoms with Crippen molar-refractivity contribution in [2.75, 3.05) is 29.9 Å². The van der Waals surface area contributed by atoms with Gasteiger partial charge in [-0.3, -0.25) is 9.78 Å². The van der Waals surface area contributed by atoms with E-state index in [1.165, 1.54) is 28.8 Å². The van der Waals surface area contributed by atoms with E-state index in [0.29, 0.717) is 36.6 Å². The van der Waals surface area contributed by atoms with Gasteiger partial charge in [0.1, 0.15) is 17.3 Å². The average molecular weight is 571 g/mol. The quantitative estimate of drug-likeness (QED) is 0.381. The molecule has 2 aliphatic heterocycles. The number of piperazine rings is 1. The van der Waals surface area contributed by atoms with Crippen molar-refractivity contribution in [1.82, 2.24) is 24.8 Å². The van der Waals surface area contributed by atoms with E-state index in [0.717, 1.165) is 0 Å². The summed E-state index contributed by atoms with van der Waals surface area (Å²) >= 11 is 0. The number of rotatable bonds is 3. The maximum absolute atomic E-state index is 16.0. The average Bonchev–Trinajstić information content (AvgIpc) is 2.96. The van der Waals surface area contributed by atoms with E-state index in [9.17, 15) is 14.9 Å². The van der Waals surface area contributed by atoms with Crippen molar-refractivity contribution < 1.29 is 13.6 Å². The number of nitrogens with one attached hydrogen (secondary N) is 2. The lowest BCUT2D eigenvalue weighted by molar-refractivity contribution is -0.116. The molecule has 0 unspecified atom stereocenters. The number of anilines is 2. The highest BCUT2D eigenvalue weighted by Gasteiger charge is 2.29. The van der Waals surface area contributed by atoms with E-state index in [4.69, 9.17) is 0 Å². The molecule has 3 aromatic heterocycles. The van der Waals surface area contributed by atoms with E-state index >= 15 is 8.78 Å². The van der Waals surface area contributed by atoms with E-state index in [2.05, 4.69) is 31.7 Å². The molecule has 10 nitrogen and oxygen atoms in total. The molecule has 2 aliphatic rings. The first kappa shape index (κ1) is 27.4. The van der Waals surface area contributed by atoms with Gasteiger partial charge in [0.05, 0.1) is 40.5 Å². The van der Waals surface area contributed by atoms with Crippen LogP contribution in [-0.2, 0) is 11.2 Å². The zero-order chi connectivity index (χ0) is 29.5. The van der Waals surface area contributed by atoms with Crippen LogP contribution < -0.4 is 21.2 Å². The lowest BCUT2D eigenvalue weighted by Gasteiger charge is -2.34. The first-order chi connectivity index (χ1) is 20.3. The first-order valence-electron chi connectivity index (χ1n) is 13.8. The fraction of sp³-hybridized carbons (Fsp3) is 0.333. The van der Waals surface area contributed by atoms with Gasteiger partial charge in [0.15, 0.2) is 11.5 Å². The number of amides is 1. The number of aromatic nitrogens is 4. The summed E-state index contributed by atoms with van der Waals surface area (Å²) in [4.78, 5) is 42.5. The van der Waals surface area contributed by atoms with Crippen LogP contribution in [0.1, 0.15) is 43.9 Å². The van der Waals surface area contributed by atoms with E-state index in [1.807, 2.05) is 18.7 Å². The number of carbonyl (C=O) groups excluding carboxylic acids is 1. The molecule has 1 saturated heterocycles. The predicted octanol–water partition coefficient (Wildman–Crippen LogP) is 3.82. The molecular formula is C30H28F2N8O2. The van der Waals surface area contributed by atoms with Gasteiger partial charge in [-0.2, -0.15) is 10.2 Å². The number of halogens is 2. The Hall–Kier alpha value is -4.76. The van der Waals surface area contributed by atoms with Crippen LogP contribution in [-0.4, -0.2) is 51.1 Å². The maximum Gasteiger partial charge on any atom is 0.355 e. The number of benzene rings is 1. The molecule has 1 aromatic carbocycles. The smallest absolute Gasteiger partial charge is 0.353 e. The Balaban J connectivity index is 1.73. The number of fused-ring (bicyclic) bond motifs is 5. The lowest BCUT2D eigenvalue weighted by Crippen LogP contribution is -2.51. The highest BCUT2D eigenvalue weighted by molar-refractivity contribution is 5.97. The van der Waals surface area contributed by atoms with Crippen LogP contribution >= 0.6 is 0 Å². The van der Waals surface area contributed by atoms with Crippen molar-refractivity contribution in [3.05, 3.63) is 69.9 Å². The zero-order valence-corrected chi connectivity index (χ0v) is 23.1. The molecule has 0 spiro atoms. The summed E-state index contributed by atoms with van der Waals surface area (Å²) in [5.41, 5.74) is 0.628. The third-order valence-corrected chi connectivity index (χ3v) is 7.65. The SMILES string of the molecule is CC(C)c1nccc2c1-n1c(=O)nc(N3CCN[C@@H](CC#N)C3)c3cc(F)c(nc31)-c1c(F)cccc1NC(=O)CC2. The van der Waals surface area contributed by atoms with Gasteiger partial charge in [-0.25, -0.2) is 23.1 Å². The van der Waals surface area contributed by atoms with Gasteiger partial charge in [-0.05, 0) is 42.2 Å². The molecule has 214 valence electrons. The summed E-state index contributed by atoms with van der Waals surface area (Å²) in [6.45, 7) is 5.24. The molecule has 2 N–H and O–H groups in total. The fourth-order valence-corrected chi connectivity index (χ4v) is 5.71. The molecule has 6 rings (SSSR count). The number of aryl methyl sites for hydroxylation is 1. The van der Waals surface area contributed by atoms with Crippen LogP contribution in [0.2, 0.25) is 0 Å². The van der Waals surface area contributed by atoms with E-state index in [-0.39, 0.29) is 65.0 Å². The Morgan fingerprint density at radius 2 is 1.98 bits per heavy atom. The third kappa shape index (κ3) is 4.75. The molecule has 1 atom stereocenters. The second-order valence-electron chi connectivity index (χ2n) is 10.8. The number of hydrogen-bond donors (Lipinski definition) is 2.